The molecule has 0 atom stereocenters. The smallest absolute Gasteiger partial charge is 0.203 e. The molecule has 0 fully saturated rings. The molecular formula is C32H33ClO8. The molecule has 3 aromatic carbocycles. The van der Waals surface area contributed by atoms with Crippen LogP contribution in [0.2, 0.25) is 5.02 Å². The summed E-state index contributed by atoms with van der Waals surface area (Å²) in [5, 5.41) is 0.473. The number of allylic oxidation sites excluding steroid dienone is 2. The van der Waals surface area contributed by atoms with E-state index in [1.165, 1.54) is 54.8 Å². The lowest BCUT2D eigenvalue weighted by molar-refractivity contribution is -0.127. The predicted octanol–water partition coefficient (Wildman–Crippen LogP) is 6.12. The van der Waals surface area contributed by atoms with Crippen molar-refractivity contribution < 1.29 is 38.0 Å². The van der Waals surface area contributed by atoms with Gasteiger partial charge >= 0.3 is 0 Å². The average Bonchev–Trinajstić information content (AvgIpc) is 3.00. The van der Waals surface area contributed by atoms with E-state index in [1.807, 2.05) is 6.07 Å². The second-order valence-electron chi connectivity index (χ2n) is 8.74. The fraction of sp³-hybridized carbons (Fsp3) is 0.250. The van der Waals surface area contributed by atoms with E-state index in [0.717, 1.165) is 0 Å². The largest absolute Gasteiger partial charge is 0.493 e. The number of hydrogen-bond acceptors (Lipinski definition) is 8. The van der Waals surface area contributed by atoms with Gasteiger partial charge in [0.05, 0.1) is 48.6 Å². The summed E-state index contributed by atoms with van der Waals surface area (Å²) in [7, 11) is 9.05. The standard InChI is InChI=1S/C32H33ClO8/c1-36-27-15-20(16-28(37-2)31(27)40-5)11-13-25(34)23(19-22-9-7-8-10-24(22)33)26(35)14-12-21-17-29(38-3)32(41-6)30(18-21)39-4/h7-18,23H,19H2,1-6H3/b13-11+,14-12+. The Morgan fingerprint density at radius 2 is 1.05 bits per heavy atom. The Bertz CT molecular complexity index is 1310. The molecule has 0 aliphatic rings. The van der Waals surface area contributed by atoms with Crippen LogP contribution in [-0.4, -0.2) is 54.2 Å². The maximum Gasteiger partial charge on any atom is 0.203 e. The Balaban J connectivity index is 1.95. The molecule has 0 N–H and O–H groups in total. The van der Waals surface area contributed by atoms with Crippen LogP contribution in [0.25, 0.3) is 12.2 Å². The minimum Gasteiger partial charge on any atom is -0.493 e. The summed E-state index contributed by atoms with van der Waals surface area (Å²) in [6.45, 7) is 0. The summed E-state index contributed by atoms with van der Waals surface area (Å²) in [5.74, 6) is 0.825. The zero-order valence-electron chi connectivity index (χ0n) is 23.9. The van der Waals surface area contributed by atoms with Gasteiger partial charge in [-0.2, -0.15) is 0 Å². The summed E-state index contributed by atoms with van der Waals surface area (Å²) in [6, 6.07) is 14.0. The molecular weight excluding hydrogens is 548 g/mol. The molecule has 0 unspecified atom stereocenters. The SMILES string of the molecule is COc1cc(/C=C/C(=O)C(Cc2ccccc2Cl)C(=O)/C=C/c2cc(OC)c(OC)c(OC)c2)cc(OC)c1OC. The maximum absolute atomic E-state index is 13.5. The molecule has 0 saturated heterocycles. The van der Waals surface area contributed by atoms with Gasteiger partial charge in [-0.3, -0.25) is 9.59 Å². The highest BCUT2D eigenvalue weighted by Crippen LogP contribution is 2.39. The van der Waals surface area contributed by atoms with E-state index in [0.29, 0.717) is 56.2 Å². The van der Waals surface area contributed by atoms with Gasteiger partial charge in [0.2, 0.25) is 11.5 Å². The summed E-state index contributed by atoms with van der Waals surface area (Å²) < 4.78 is 32.3. The Hall–Kier alpha value is -4.43. The van der Waals surface area contributed by atoms with Gasteiger partial charge in [-0.15, -0.1) is 0 Å². The van der Waals surface area contributed by atoms with E-state index in [9.17, 15) is 9.59 Å². The Labute approximate surface area is 245 Å². The summed E-state index contributed by atoms with van der Waals surface area (Å²) >= 11 is 6.38. The van der Waals surface area contributed by atoms with Gasteiger partial charge < -0.3 is 28.4 Å². The molecule has 3 rings (SSSR count). The molecule has 0 bridgehead atoms. The topological polar surface area (TPSA) is 89.5 Å². The Kier molecular flexibility index (Phi) is 11.2. The number of halogens is 1. The first-order valence-corrected chi connectivity index (χ1v) is 12.9. The van der Waals surface area contributed by atoms with Crippen molar-refractivity contribution in [2.75, 3.05) is 42.7 Å². The van der Waals surface area contributed by atoms with E-state index in [-0.39, 0.29) is 6.42 Å². The van der Waals surface area contributed by atoms with Crippen LogP contribution in [0.1, 0.15) is 16.7 Å². The van der Waals surface area contributed by atoms with E-state index >= 15 is 0 Å². The molecule has 0 aliphatic carbocycles. The average molecular weight is 581 g/mol. The van der Waals surface area contributed by atoms with Crippen LogP contribution in [0, 0.1) is 5.92 Å². The normalized spacial score (nSPS) is 11.1. The van der Waals surface area contributed by atoms with Crippen molar-refractivity contribution in [3.8, 4) is 34.5 Å². The van der Waals surface area contributed by atoms with Crippen LogP contribution in [0.3, 0.4) is 0 Å². The zero-order valence-corrected chi connectivity index (χ0v) is 24.6. The minimum absolute atomic E-state index is 0.122. The van der Waals surface area contributed by atoms with Crippen LogP contribution >= 0.6 is 11.6 Å². The third-order valence-corrected chi connectivity index (χ3v) is 6.69. The van der Waals surface area contributed by atoms with Crippen LogP contribution in [-0.2, 0) is 16.0 Å². The minimum atomic E-state index is -1.02. The second kappa shape index (κ2) is 14.8. The molecule has 0 aromatic heterocycles. The fourth-order valence-electron chi connectivity index (χ4n) is 4.21. The Morgan fingerprint density at radius 3 is 1.39 bits per heavy atom. The molecule has 41 heavy (non-hydrogen) atoms. The highest BCUT2D eigenvalue weighted by molar-refractivity contribution is 6.31. The number of benzene rings is 3. The molecule has 0 amide bonds. The van der Waals surface area contributed by atoms with Gasteiger partial charge in [0.25, 0.3) is 0 Å². The number of hydrogen-bond donors (Lipinski definition) is 0. The van der Waals surface area contributed by atoms with Crippen molar-refractivity contribution in [1.82, 2.24) is 0 Å². The number of methoxy groups -OCH3 is 6. The lowest BCUT2D eigenvalue weighted by Gasteiger charge is -2.14. The monoisotopic (exact) mass is 580 g/mol. The van der Waals surface area contributed by atoms with Crippen LogP contribution in [0.5, 0.6) is 34.5 Å². The first-order chi connectivity index (χ1) is 19.8. The van der Waals surface area contributed by atoms with Gasteiger partial charge in [-0.05, 0) is 65.6 Å². The van der Waals surface area contributed by atoms with Crippen LogP contribution < -0.4 is 28.4 Å². The number of carbonyl (C=O) groups is 2. The molecule has 216 valence electrons. The van der Waals surface area contributed by atoms with Crippen LogP contribution in [0.4, 0.5) is 0 Å². The number of rotatable bonds is 14. The molecule has 3 aromatic rings. The van der Waals surface area contributed by atoms with Crippen molar-refractivity contribution in [1.29, 1.82) is 0 Å². The van der Waals surface area contributed by atoms with E-state index < -0.39 is 17.5 Å². The number of ether oxygens (including phenoxy) is 6. The summed E-state index contributed by atoms with van der Waals surface area (Å²) in [4.78, 5) is 26.9. The van der Waals surface area contributed by atoms with Crippen molar-refractivity contribution in [3.05, 3.63) is 82.4 Å². The highest BCUT2D eigenvalue weighted by atomic mass is 35.5. The quantitative estimate of drug-likeness (QED) is 0.166. The molecule has 0 spiro atoms. The molecule has 0 radical (unpaired) electrons. The van der Waals surface area contributed by atoms with Crippen molar-refractivity contribution in [2.45, 2.75) is 6.42 Å². The molecule has 0 saturated carbocycles. The number of ketones is 2. The number of carbonyl (C=O) groups excluding carboxylic acids is 2. The predicted molar refractivity (Wildman–Crippen MR) is 159 cm³/mol. The van der Waals surface area contributed by atoms with Gasteiger partial charge in [-0.1, -0.05) is 42.0 Å². The first kappa shape index (κ1) is 31.1. The summed E-state index contributed by atoms with van der Waals surface area (Å²) in [5.41, 5.74) is 1.94. The van der Waals surface area contributed by atoms with Crippen LogP contribution in [0.15, 0.2) is 60.7 Å². The highest BCUT2D eigenvalue weighted by Gasteiger charge is 2.24. The Morgan fingerprint density at radius 1 is 0.659 bits per heavy atom. The van der Waals surface area contributed by atoms with Gasteiger partial charge in [0.15, 0.2) is 34.6 Å². The third kappa shape index (κ3) is 7.61. The van der Waals surface area contributed by atoms with Gasteiger partial charge in [0, 0.05) is 5.02 Å². The van der Waals surface area contributed by atoms with Crippen molar-refractivity contribution in [3.63, 3.8) is 0 Å². The lowest BCUT2D eigenvalue weighted by atomic mass is 9.90. The third-order valence-electron chi connectivity index (χ3n) is 6.32. The lowest BCUT2D eigenvalue weighted by Crippen LogP contribution is -2.23. The first-order valence-electron chi connectivity index (χ1n) is 12.6. The van der Waals surface area contributed by atoms with Crippen molar-refractivity contribution in [2.24, 2.45) is 5.92 Å². The van der Waals surface area contributed by atoms with Gasteiger partial charge in [0.1, 0.15) is 0 Å². The van der Waals surface area contributed by atoms with E-state index in [4.69, 9.17) is 40.0 Å². The molecule has 8 nitrogen and oxygen atoms in total. The van der Waals surface area contributed by atoms with Gasteiger partial charge in [-0.25, -0.2) is 0 Å². The fourth-order valence-corrected chi connectivity index (χ4v) is 4.42. The summed E-state index contributed by atoms with van der Waals surface area (Å²) in [6.07, 6.45) is 6.06. The molecule has 9 heteroatoms. The molecule has 0 aliphatic heterocycles. The van der Waals surface area contributed by atoms with Crippen molar-refractivity contribution >= 4 is 35.3 Å². The maximum atomic E-state index is 13.5. The zero-order chi connectivity index (χ0) is 29.9. The van der Waals surface area contributed by atoms with E-state index in [1.54, 1.807) is 54.6 Å². The van der Waals surface area contributed by atoms with E-state index in [2.05, 4.69) is 0 Å². The molecule has 0 heterocycles. The second-order valence-corrected chi connectivity index (χ2v) is 9.14.